The van der Waals surface area contributed by atoms with Crippen LogP contribution >= 0.6 is 11.6 Å². The average molecular weight is 344 g/mol. The molecule has 0 unspecified atom stereocenters. The number of hydrogen-bond donors (Lipinski definition) is 1. The Morgan fingerprint density at radius 2 is 2.00 bits per heavy atom. The Kier molecular flexibility index (Phi) is 4.53. The zero-order chi connectivity index (χ0) is 17.1. The molecule has 1 heterocycles. The van der Waals surface area contributed by atoms with Crippen LogP contribution in [0, 0.1) is 0 Å². The molecular weight excluding hydrogens is 330 g/mol. The quantitative estimate of drug-likeness (QED) is 0.737. The van der Waals surface area contributed by atoms with Gasteiger partial charge in [0.15, 0.2) is 0 Å². The molecule has 3 rings (SSSR count). The summed E-state index contributed by atoms with van der Waals surface area (Å²) in [5, 5.41) is 3.83. The molecule has 2 aromatic carbocycles. The van der Waals surface area contributed by atoms with Gasteiger partial charge in [0.2, 0.25) is 0 Å². The fourth-order valence-electron chi connectivity index (χ4n) is 2.29. The Hall–Kier alpha value is -2.79. The Morgan fingerprint density at radius 3 is 2.75 bits per heavy atom. The van der Waals surface area contributed by atoms with Crippen molar-refractivity contribution in [1.29, 1.82) is 0 Å². The molecule has 0 atom stereocenters. The molecule has 3 aromatic rings. The zero-order valence-electron chi connectivity index (χ0n) is 12.8. The number of amides is 1. The molecule has 0 aliphatic carbocycles. The SMILES string of the molecule is COc1ccc(CNC(=O)c2cc3ccccc3oc2=O)c(Cl)c1. The summed E-state index contributed by atoms with van der Waals surface area (Å²) in [6, 6.07) is 13.7. The van der Waals surface area contributed by atoms with E-state index < -0.39 is 11.5 Å². The minimum absolute atomic E-state index is 0.0432. The predicted molar refractivity (Wildman–Crippen MR) is 91.7 cm³/mol. The molecule has 24 heavy (non-hydrogen) atoms. The van der Waals surface area contributed by atoms with Crippen LogP contribution in [0.2, 0.25) is 5.02 Å². The molecule has 5 nitrogen and oxygen atoms in total. The van der Waals surface area contributed by atoms with Gasteiger partial charge in [0.25, 0.3) is 5.91 Å². The van der Waals surface area contributed by atoms with Crippen LogP contribution in [0.25, 0.3) is 11.0 Å². The van der Waals surface area contributed by atoms with Crippen molar-refractivity contribution >= 4 is 28.5 Å². The maximum Gasteiger partial charge on any atom is 0.349 e. The molecule has 1 amide bonds. The number of fused-ring (bicyclic) bond motifs is 1. The largest absolute Gasteiger partial charge is 0.497 e. The standard InChI is InChI=1S/C18H14ClNO4/c1-23-13-7-6-12(15(19)9-13)10-20-17(21)14-8-11-4-2-3-5-16(11)24-18(14)22/h2-9H,10H2,1H3,(H,20,21). The Labute approximate surface area is 142 Å². The summed E-state index contributed by atoms with van der Waals surface area (Å²) < 4.78 is 10.2. The normalized spacial score (nSPS) is 10.6. The summed E-state index contributed by atoms with van der Waals surface area (Å²) in [4.78, 5) is 24.2. The van der Waals surface area contributed by atoms with Gasteiger partial charge in [-0.2, -0.15) is 0 Å². The highest BCUT2D eigenvalue weighted by Crippen LogP contribution is 2.22. The third-order valence-corrected chi connectivity index (χ3v) is 3.94. The molecule has 122 valence electrons. The van der Waals surface area contributed by atoms with Gasteiger partial charge in [-0.25, -0.2) is 4.79 Å². The molecule has 0 spiro atoms. The number of methoxy groups -OCH3 is 1. The number of nitrogens with one attached hydrogen (secondary N) is 1. The smallest absolute Gasteiger partial charge is 0.349 e. The van der Waals surface area contributed by atoms with Gasteiger partial charge in [-0.15, -0.1) is 0 Å². The molecular formula is C18H14ClNO4. The molecule has 0 bridgehead atoms. The first-order chi connectivity index (χ1) is 11.6. The lowest BCUT2D eigenvalue weighted by molar-refractivity contribution is 0.0947. The highest BCUT2D eigenvalue weighted by molar-refractivity contribution is 6.31. The second-order valence-electron chi connectivity index (χ2n) is 5.13. The first kappa shape index (κ1) is 16.1. The van der Waals surface area contributed by atoms with E-state index >= 15 is 0 Å². The molecule has 1 aromatic heterocycles. The summed E-state index contributed by atoms with van der Waals surface area (Å²) in [5.41, 5.74) is 0.443. The van der Waals surface area contributed by atoms with E-state index in [-0.39, 0.29) is 12.1 Å². The number of carbonyl (C=O) groups excluding carboxylic acids is 1. The van der Waals surface area contributed by atoms with Gasteiger partial charge in [0, 0.05) is 17.0 Å². The van der Waals surface area contributed by atoms with E-state index in [0.29, 0.717) is 21.7 Å². The van der Waals surface area contributed by atoms with E-state index in [4.69, 9.17) is 20.8 Å². The number of para-hydroxylation sites is 1. The first-order valence-corrected chi connectivity index (χ1v) is 7.60. The second-order valence-corrected chi connectivity index (χ2v) is 5.53. The van der Waals surface area contributed by atoms with Gasteiger partial charge >= 0.3 is 5.63 Å². The summed E-state index contributed by atoms with van der Waals surface area (Å²) in [6.07, 6.45) is 0. The summed E-state index contributed by atoms with van der Waals surface area (Å²) in [7, 11) is 1.55. The monoisotopic (exact) mass is 343 g/mol. The average Bonchev–Trinajstić information content (AvgIpc) is 2.59. The zero-order valence-corrected chi connectivity index (χ0v) is 13.6. The van der Waals surface area contributed by atoms with Crippen LogP contribution in [0.1, 0.15) is 15.9 Å². The number of benzene rings is 2. The molecule has 0 fully saturated rings. The third kappa shape index (κ3) is 3.26. The van der Waals surface area contributed by atoms with Crippen LogP contribution in [-0.2, 0) is 6.54 Å². The number of hydrogen-bond acceptors (Lipinski definition) is 4. The van der Waals surface area contributed by atoms with Crippen molar-refractivity contribution in [2.24, 2.45) is 0 Å². The van der Waals surface area contributed by atoms with Crippen molar-refractivity contribution in [2.75, 3.05) is 7.11 Å². The van der Waals surface area contributed by atoms with Crippen molar-refractivity contribution < 1.29 is 13.9 Å². The highest BCUT2D eigenvalue weighted by atomic mass is 35.5. The minimum atomic E-state index is -0.674. The molecule has 0 aliphatic heterocycles. The van der Waals surface area contributed by atoms with Crippen LogP contribution in [0.5, 0.6) is 5.75 Å². The topological polar surface area (TPSA) is 68.5 Å². The van der Waals surface area contributed by atoms with Gasteiger partial charge in [0.05, 0.1) is 7.11 Å². The lowest BCUT2D eigenvalue weighted by Gasteiger charge is -2.08. The molecule has 0 radical (unpaired) electrons. The first-order valence-electron chi connectivity index (χ1n) is 7.22. The second kappa shape index (κ2) is 6.76. The van der Waals surface area contributed by atoms with Crippen LogP contribution in [0.3, 0.4) is 0 Å². The van der Waals surface area contributed by atoms with Crippen LogP contribution in [0.15, 0.2) is 57.7 Å². The third-order valence-electron chi connectivity index (χ3n) is 3.59. The van der Waals surface area contributed by atoms with E-state index in [1.165, 1.54) is 6.07 Å². The van der Waals surface area contributed by atoms with Crippen molar-refractivity contribution in [3.8, 4) is 5.75 Å². The molecule has 0 saturated carbocycles. The predicted octanol–water partition coefficient (Wildman–Crippen LogP) is 3.39. The Balaban J connectivity index is 1.80. The Morgan fingerprint density at radius 1 is 1.21 bits per heavy atom. The number of halogens is 1. The van der Waals surface area contributed by atoms with Gasteiger partial charge in [-0.05, 0) is 29.8 Å². The van der Waals surface area contributed by atoms with Crippen molar-refractivity contribution in [3.05, 3.63) is 75.1 Å². The summed E-state index contributed by atoms with van der Waals surface area (Å²) >= 11 is 6.14. The van der Waals surface area contributed by atoms with Crippen LogP contribution in [0.4, 0.5) is 0 Å². The van der Waals surface area contributed by atoms with Crippen LogP contribution < -0.4 is 15.7 Å². The Bertz CT molecular complexity index is 965. The molecule has 0 saturated heterocycles. The van der Waals surface area contributed by atoms with E-state index in [1.807, 2.05) is 0 Å². The van der Waals surface area contributed by atoms with Gasteiger partial charge in [-0.3, -0.25) is 4.79 Å². The molecule has 0 aliphatic rings. The fraction of sp³-hybridized carbons (Fsp3) is 0.111. The van der Waals surface area contributed by atoms with E-state index in [1.54, 1.807) is 49.6 Å². The summed E-state index contributed by atoms with van der Waals surface area (Å²) in [6.45, 7) is 0.188. The number of carbonyl (C=O) groups is 1. The van der Waals surface area contributed by atoms with Crippen molar-refractivity contribution in [1.82, 2.24) is 5.32 Å². The lowest BCUT2D eigenvalue weighted by Crippen LogP contribution is -2.27. The van der Waals surface area contributed by atoms with Crippen LogP contribution in [-0.4, -0.2) is 13.0 Å². The van der Waals surface area contributed by atoms with E-state index in [2.05, 4.69) is 5.32 Å². The maximum atomic E-state index is 12.3. The number of rotatable bonds is 4. The molecule has 6 heteroatoms. The van der Waals surface area contributed by atoms with Crippen molar-refractivity contribution in [2.45, 2.75) is 6.54 Å². The maximum absolute atomic E-state index is 12.3. The minimum Gasteiger partial charge on any atom is -0.497 e. The van der Waals surface area contributed by atoms with E-state index in [0.717, 1.165) is 5.56 Å². The van der Waals surface area contributed by atoms with Gasteiger partial charge in [0.1, 0.15) is 16.9 Å². The van der Waals surface area contributed by atoms with Gasteiger partial charge < -0.3 is 14.5 Å². The lowest BCUT2D eigenvalue weighted by atomic mass is 10.1. The van der Waals surface area contributed by atoms with Crippen molar-refractivity contribution in [3.63, 3.8) is 0 Å². The molecule has 1 N–H and O–H groups in total. The number of ether oxygens (including phenoxy) is 1. The van der Waals surface area contributed by atoms with Gasteiger partial charge in [-0.1, -0.05) is 35.9 Å². The summed E-state index contributed by atoms with van der Waals surface area (Å²) in [5.74, 6) is 0.117. The fourth-order valence-corrected chi connectivity index (χ4v) is 2.53. The highest BCUT2D eigenvalue weighted by Gasteiger charge is 2.14. The van der Waals surface area contributed by atoms with E-state index in [9.17, 15) is 9.59 Å².